The lowest BCUT2D eigenvalue weighted by Crippen LogP contribution is -2.33. The molecule has 2 aromatic rings. The Morgan fingerprint density at radius 2 is 1.93 bits per heavy atom. The summed E-state index contributed by atoms with van der Waals surface area (Å²) in [5.74, 6) is 7.57. The molecule has 7 nitrogen and oxygen atoms in total. The molecule has 1 aromatic heterocycles. The van der Waals surface area contributed by atoms with E-state index < -0.39 is 0 Å². The van der Waals surface area contributed by atoms with Crippen molar-refractivity contribution in [1.29, 1.82) is 0 Å². The normalized spacial score (nSPS) is 11.3. The number of aromatic nitrogens is 3. The number of carbonyl (C=O) groups is 1. The second-order valence-electron chi connectivity index (χ2n) is 7.99. The van der Waals surface area contributed by atoms with E-state index in [4.69, 9.17) is 10.6 Å². The lowest BCUT2D eigenvalue weighted by atomic mass is 9.87. The van der Waals surface area contributed by atoms with E-state index in [-0.39, 0.29) is 23.7 Å². The largest absolute Gasteiger partial charge is 0.486 e. The fourth-order valence-corrected chi connectivity index (χ4v) is 3.40. The number of nitrogens with two attached hydrogens (primary N) is 1. The third-order valence-corrected chi connectivity index (χ3v) is 5.27. The molecule has 1 amide bonds. The highest BCUT2D eigenvalue weighted by Crippen LogP contribution is 2.24. The number of ether oxygens (including phenoxy) is 1. The summed E-state index contributed by atoms with van der Waals surface area (Å²) in [6, 6.07) is 7.99. The summed E-state index contributed by atoms with van der Waals surface area (Å²) in [6.07, 6.45) is 0. The highest BCUT2D eigenvalue weighted by Gasteiger charge is 2.17. The van der Waals surface area contributed by atoms with E-state index >= 15 is 0 Å². The second kappa shape index (κ2) is 9.82. The molecule has 0 unspecified atom stereocenters. The van der Waals surface area contributed by atoms with Gasteiger partial charge in [0.05, 0.1) is 5.75 Å². The average molecular weight is 418 g/mol. The van der Waals surface area contributed by atoms with Crippen LogP contribution in [0.5, 0.6) is 5.75 Å². The van der Waals surface area contributed by atoms with Gasteiger partial charge in [-0.15, -0.1) is 10.2 Å². The van der Waals surface area contributed by atoms with Gasteiger partial charge in [0.1, 0.15) is 12.4 Å². The molecule has 29 heavy (non-hydrogen) atoms. The number of benzene rings is 1. The van der Waals surface area contributed by atoms with Gasteiger partial charge in [-0.05, 0) is 37.0 Å². The highest BCUT2D eigenvalue weighted by molar-refractivity contribution is 7.99. The molecule has 0 radical (unpaired) electrons. The van der Waals surface area contributed by atoms with E-state index in [2.05, 4.69) is 49.7 Å². The van der Waals surface area contributed by atoms with Crippen LogP contribution >= 0.6 is 11.8 Å². The molecule has 2 N–H and O–H groups in total. The molecule has 0 aliphatic rings. The highest BCUT2D eigenvalue weighted by atomic mass is 32.2. The topological polar surface area (TPSA) is 86.3 Å². The number of carbonyl (C=O) groups excluding carboxylic acids is 1. The van der Waals surface area contributed by atoms with Crippen molar-refractivity contribution in [2.75, 3.05) is 24.7 Å². The summed E-state index contributed by atoms with van der Waals surface area (Å²) < 4.78 is 7.15. The first-order valence-corrected chi connectivity index (χ1v) is 10.6. The Morgan fingerprint density at radius 3 is 2.48 bits per heavy atom. The minimum atomic E-state index is 0.0141. The molecular formula is C21H31N5O2S. The van der Waals surface area contributed by atoms with Crippen molar-refractivity contribution in [3.8, 4) is 5.75 Å². The van der Waals surface area contributed by atoms with Crippen molar-refractivity contribution in [3.63, 3.8) is 0 Å². The molecule has 158 valence electrons. The van der Waals surface area contributed by atoms with Gasteiger partial charge < -0.3 is 15.5 Å². The zero-order chi connectivity index (χ0) is 21.6. The van der Waals surface area contributed by atoms with Crippen LogP contribution < -0.4 is 10.6 Å². The molecule has 1 aromatic carbocycles. The van der Waals surface area contributed by atoms with Gasteiger partial charge in [-0.2, -0.15) is 0 Å². The molecule has 1 heterocycles. The van der Waals surface area contributed by atoms with E-state index in [1.165, 1.54) is 22.0 Å². The van der Waals surface area contributed by atoms with Crippen LogP contribution in [0.3, 0.4) is 0 Å². The predicted molar refractivity (Wildman–Crippen MR) is 117 cm³/mol. The maximum Gasteiger partial charge on any atom is 0.233 e. The first-order valence-electron chi connectivity index (χ1n) is 9.59. The Hall–Kier alpha value is -2.48. The van der Waals surface area contributed by atoms with Crippen molar-refractivity contribution < 1.29 is 9.53 Å². The van der Waals surface area contributed by atoms with Crippen LogP contribution in [-0.2, 0) is 16.8 Å². The number of nitrogen functional groups attached to an aromatic ring is 1. The SMILES string of the molecule is C=C(C)CN(CC)C(=O)CSc1nnc(COc2ccc(C(C)(C)C)cc2)n1N. The summed E-state index contributed by atoms with van der Waals surface area (Å²) in [6.45, 7) is 15.6. The molecule has 0 saturated heterocycles. The number of rotatable bonds is 9. The van der Waals surface area contributed by atoms with Crippen molar-refractivity contribution in [3.05, 3.63) is 47.8 Å². The van der Waals surface area contributed by atoms with Gasteiger partial charge in [0.2, 0.25) is 11.1 Å². The first-order chi connectivity index (χ1) is 13.6. The number of nitrogens with zero attached hydrogens (tertiary/aromatic N) is 4. The Kier molecular flexibility index (Phi) is 7.73. The molecule has 0 aliphatic heterocycles. The minimum Gasteiger partial charge on any atom is -0.486 e. The number of thioether (sulfide) groups is 1. The monoisotopic (exact) mass is 417 g/mol. The molecule has 0 saturated carbocycles. The molecule has 0 aliphatic carbocycles. The van der Waals surface area contributed by atoms with Crippen molar-refractivity contribution in [1.82, 2.24) is 19.8 Å². The summed E-state index contributed by atoms with van der Waals surface area (Å²) in [4.78, 5) is 14.1. The minimum absolute atomic E-state index is 0.0141. The second-order valence-corrected chi connectivity index (χ2v) is 8.93. The number of amides is 1. The van der Waals surface area contributed by atoms with Gasteiger partial charge >= 0.3 is 0 Å². The predicted octanol–water partition coefficient (Wildman–Crippen LogP) is 3.39. The standard InChI is InChI=1S/C21H31N5O2S/c1-7-25(12-15(2)3)19(27)14-29-20-24-23-18(26(20)22)13-28-17-10-8-16(9-11-17)21(4,5)6/h8-11H,2,7,12-14,22H2,1,3-6H3. The summed E-state index contributed by atoms with van der Waals surface area (Å²) in [5, 5.41) is 8.64. The Labute approximate surface area is 177 Å². The fourth-order valence-electron chi connectivity index (χ4n) is 2.62. The zero-order valence-corrected chi connectivity index (χ0v) is 18.8. The molecular weight excluding hydrogens is 386 g/mol. The molecule has 8 heteroatoms. The van der Waals surface area contributed by atoms with E-state index in [0.717, 1.165) is 11.3 Å². The van der Waals surface area contributed by atoms with E-state index in [1.807, 2.05) is 26.0 Å². The average Bonchev–Trinajstić information content (AvgIpc) is 3.01. The van der Waals surface area contributed by atoms with Gasteiger partial charge in [0.15, 0.2) is 5.82 Å². The van der Waals surface area contributed by atoms with Crippen LogP contribution in [0.2, 0.25) is 0 Å². The fraction of sp³-hybridized carbons (Fsp3) is 0.476. The number of hydrogen-bond donors (Lipinski definition) is 1. The molecule has 0 bridgehead atoms. The van der Waals surface area contributed by atoms with E-state index in [9.17, 15) is 4.79 Å². The smallest absolute Gasteiger partial charge is 0.233 e. The zero-order valence-electron chi connectivity index (χ0n) is 17.9. The van der Waals surface area contributed by atoms with Crippen molar-refractivity contribution in [2.24, 2.45) is 0 Å². The lowest BCUT2D eigenvalue weighted by Gasteiger charge is -2.20. The Morgan fingerprint density at radius 1 is 1.28 bits per heavy atom. The third-order valence-electron chi connectivity index (χ3n) is 4.34. The molecule has 0 fully saturated rings. The Bertz CT molecular complexity index is 840. The summed E-state index contributed by atoms with van der Waals surface area (Å²) in [7, 11) is 0. The van der Waals surface area contributed by atoms with Crippen LogP contribution in [0.15, 0.2) is 41.6 Å². The van der Waals surface area contributed by atoms with Crippen LogP contribution in [0, 0.1) is 0 Å². The van der Waals surface area contributed by atoms with Gasteiger partial charge in [0, 0.05) is 13.1 Å². The third kappa shape index (κ3) is 6.52. The molecule has 2 rings (SSSR count). The number of likely N-dealkylation sites (N-methyl/N-ethyl adjacent to an activating group) is 1. The van der Waals surface area contributed by atoms with E-state index in [0.29, 0.717) is 24.1 Å². The van der Waals surface area contributed by atoms with Crippen molar-refractivity contribution in [2.45, 2.75) is 51.8 Å². The first kappa shape index (κ1) is 22.8. The molecule has 0 spiro atoms. The van der Waals surface area contributed by atoms with Gasteiger partial charge in [-0.25, -0.2) is 4.68 Å². The van der Waals surface area contributed by atoms with Crippen molar-refractivity contribution >= 4 is 17.7 Å². The Balaban J connectivity index is 1.92. The molecule has 0 atom stereocenters. The van der Waals surface area contributed by atoms with Crippen LogP contribution in [0.25, 0.3) is 0 Å². The maximum atomic E-state index is 12.4. The maximum absolute atomic E-state index is 12.4. The summed E-state index contributed by atoms with van der Waals surface area (Å²) >= 11 is 1.26. The quantitative estimate of drug-likeness (QED) is 0.382. The van der Waals surface area contributed by atoms with Gasteiger partial charge in [-0.1, -0.05) is 56.8 Å². The van der Waals surface area contributed by atoms with Gasteiger partial charge in [-0.3, -0.25) is 4.79 Å². The lowest BCUT2D eigenvalue weighted by molar-refractivity contribution is -0.127. The van der Waals surface area contributed by atoms with Crippen LogP contribution in [0.1, 0.15) is 46.0 Å². The van der Waals surface area contributed by atoms with E-state index in [1.54, 1.807) is 4.90 Å². The number of hydrogen-bond acceptors (Lipinski definition) is 6. The van der Waals surface area contributed by atoms with Crippen LogP contribution in [0.4, 0.5) is 0 Å². The summed E-state index contributed by atoms with van der Waals surface area (Å²) in [5.41, 5.74) is 2.28. The van der Waals surface area contributed by atoms with Gasteiger partial charge in [0.25, 0.3) is 0 Å². The van der Waals surface area contributed by atoms with Crippen LogP contribution in [-0.4, -0.2) is 44.5 Å².